The van der Waals surface area contributed by atoms with Gasteiger partial charge < -0.3 is 0 Å². The van der Waals surface area contributed by atoms with Crippen molar-refractivity contribution in [1.29, 1.82) is 0 Å². The van der Waals surface area contributed by atoms with Gasteiger partial charge in [-0.25, -0.2) is 0 Å². The van der Waals surface area contributed by atoms with E-state index in [0.29, 0.717) is 5.88 Å². The van der Waals surface area contributed by atoms with E-state index in [9.17, 15) is 0 Å². The lowest BCUT2D eigenvalue weighted by molar-refractivity contribution is 0.747. The minimum Gasteiger partial charge on any atom is -0.276 e. The number of hydrogen-bond acceptors (Lipinski definition) is 1. The highest BCUT2D eigenvalue weighted by Gasteiger charge is 1.97. The normalized spacial score (nSPS) is 12.1. The number of alkyl halides is 1. The van der Waals surface area contributed by atoms with E-state index >= 15 is 0 Å². The third-order valence-electron chi connectivity index (χ3n) is 1.83. The van der Waals surface area contributed by atoms with E-state index < -0.39 is 0 Å². The van der Waals surface area contributed by atoms with Crippen molar-refractivity contribution in [2.24, 2.45) is 7.05 Å². The summed E-state index contributed by atoms with van der Waals surface area (Å²) < 4.78 is 1.82. The lowest BCUT2D eigenvalue weighted by atomic mass is 10.1. The molecule has 0 saturated heterocycles. The van der Waals surface area contributed by atoms with Crippen LogP contribution < -0.4 is 0 Å². The van der Waals surface area contributed by atoms with E-state index in [1.54, 1.807) is 0 Å². The molecular formula is C10H15ClN2. The van der Waals surface area contributed by atoms with Crippen LogP contribution in [0.15, 0.2) is 23.9 Å². The highest BCUT2D eigenvalue weighted by Crippen LogP contribution is 2.05. The summed E-state index contributed by atoms with van der Waals surface area (Å²) in [5.74, 6) is 0.694. The van der Waals surface area contributed by atoms with Crippen molar-refractivity contribution in [3.63, 3.8) is 0 Å². The number of hydrogen-bond donors (Lipinski definition) is 0. The Morgan fingerprint density at radius 1 is 1.69 bits per heavy atom. The van der Waals surface area contributed by atoms with Crippen molar-refractivity contribution >= 4 is 11.6 Å². The molecule has 3 heteroatoms. The molecular weight excluding hydrogens is 184 g/mol. The first-order valence-corrected chi connectivity index (χ1v) is 4.96. The van der Waals surface area contributed by atoms with Gasteiger partial charge in [-0.05, 0) is 19.4 Å². The Morgan fingerprint density at radius 2 is 2.46 bits per heavy atom. The molecule has 13 heavy (non-hydrogen) atoms. The molecule has 1 heterocycles. The maximum atomic E-state index is 5.59. The van der Waals surface area contributed by atoms with Gasteiger partial charge in [0.25, 0.3) is 0 Å². The van der Waals surface area contributed by atoms with Crippen molar-refractivity contribution in [3.05, 3.63) is 29.6 Å². The number of aromatic nitrogens is 2. The van der Waals surface area contributed by atoms with E-state index in [2.05, 4.69) is 18.1 Å². The summed E-state index contributed by atoms with van der Waals surface area (Å²) in [6.07, 6.45) is 6.00. The molecule has 72 valence electrons. The molecule has 0 atom stereocenters. The number of halogens is 1. The van der Waals surface area contributed by atoms with Crippen LogP contribution >= 0.6 is 11.6 Å². The molecule has 1 aromatic rings. The van der Waals surface area contributed by atoms with Crippen LogP contribution in [0.1, 0.15) is 19.0 Å². The van der Waals surface area contributed by atoms with Gasteiger partial charge in [0, 0.05) is 25.5 Å². The SMILES string of the molecule is C/C(=C/CCCl)Cc1ccn(C)n1. The molecule has 0 aromatic carbocycles. The monoisotopic (exact) mass is 198 g/mol. The predicted octanol–water partition coefficient (Wildman–Crippen LogP) is 2.54. The molecule has 0 N–H and O–H groups in total. The molecule has 1 aromatic heterocycles. The minimum atomic E-state index is 0.694. The smallest absolute Gasteiger partial charge is 0.0664 e. The lowest BCUT2D eigenvalue weighted by Crippen LogP contribution is -1.92. The molecule has 2 nitrogen and oxygen atoms in total. The van der Waals surface area contributed by atoms with Crippen LogP contribution in [0.2, 0.25) is 0 Å². The Morgan fingerprint density at radius 3 is 3.00 bits per heavy atom. The van der Waals surface area contributed by atoms with E-state index in [1.807, 2.05) is 24.0 Å². The van der Waals surface area contributed by atoms with Gasteiger partial charge in [0.05, 0.1) is 5.69 Å². The zero-order valence-electron chi connectivity index (χ0n) is 8.13. The minimum absolute atomic E-state index is 0.694. The van der Waals surface area contributed by atoms with Crippen molar-refractivity contribution < 1.29 is 0 Å². The quantitative estimate of drug-likeness (QED) is 0.537. The maximum absolute atomic E-state index is 5.59. The highest BCUT2D eigenvalue weighted by atomic mass is 35.5. The summed E-state index contributed by atoms with van der Waals surface area (Å²) in [6, 6.07) is 2.04. The van der Waals surface area contributed by atoms with Crippen LogP contribution in [0.5, 0.6) is 0 Å². The van der Waals surface area contributed by atoms with Gasteiger partial charge in [-0.2, -0.15) is 5.10 Å². The second-order valence-corrected chi connectivity index (χ2v) is 3.56. The first-order chi connectivity index (χ1) is 6.22. The topological polar surface area (TPSA) is 17.8 Å². The number of rotatable bonds is 4. The molecule has 1 rings (SSSR count). The number of allylic oxidation sites excluding steroid dienone is 2. The van der Waals surface area contributed by atoms with Gasteiger partial charge in [-0.3, -0.25) is 4.68 Å². The van der Waals surface area contributed by atoms with Gasteiger partial charge in [0.2, 0.25) is 0 Å². The lowest BCUT2D eigenvalue weighted by Gasteiger charge is -1.96. The average molecular weight is 199 g/mol. The van der Waals surface area contributed by atoms with E-state index in [0.717, 1.165) is 18.5 Å². The molecule has 0 radical (unpaired) electrons. The van der Waals surface area contributed by atoms with Crippen LogP contribution in [0.3, 0.4) is 0 Å². The third-order valence-corrected chi connectivity index (χ3v) is 2.05. The van der Waals surface area contributed by atoms with Crippen LogP contribution in [-0.2, 0) is 13.5 Å². The third kappa shape index (κ3) is 3.64. The summed E-state index contributed by atoms with van der Waals surface area (Å²) in [6.45, 7) is 2.11. The first-order valence-electron chi connectivity index (χ1n) is 4.42. The Labute approximate surface area is 84.2 Å². The van der Waals surface area contributed by atoms with Crippen molar-refractivity contribution in [2.45, 2.75) is 19.8 Å². The fraction of sp³-hybridized carbons (Fsp3) is 0.500. The second kappa shape index (κ2) is 5.07. The van der Waals surface area contributed by atoms with E-state index in [1.165, 1.54) is 5.57 Å². The molecule has 0 aliphatic carbocycles. The first kappa shape index (κ1) is 10.3. The van der Waals surface area contributed by atoms with Crippen LogP contribution in [0.4, 0.5) is 0 Å². The van der Waals surface area contributed by atoms with Gasteiger partial charge >= 0.3 is 0 Å². The molecule has 0 spiro atoms. The Kier molecular flexibility index (Phi) is 4.03. The van der Waals surface area contributed by atoms with Crippen molar-refractivity contribution in [2.75, 3.05) is 5.88 Å². The van der Waals surface area contributed by atoms with Crippen LogP contribution in [0.25, 0.3) is 0 Å². The maximum Gasteiger partial charge on any atom is 0.0664 e. The standard InChI is InChI=1S/C10H15ClN2/c1-9(4-3-6-11)8-10-5-7-13(2)12-10/h4-5,7H,3,6,8H2,1-2H3/b9-4-. The van der Waals surface area contributed by atoms with E-state index in [4.69, 9.17) is 11.6 Å². The summed E-state index contributed by atoms with van der Waals surface area (Å²) in [5.41, 5.74) is 2.45. The zero-order chi connectivity index (χ0) is 9.68. The molecule has 0 bridgehead atoms. The second-order valence-electron chi connectivity index (χ2n) is 3.19. The Hall–Kier alpha value is -0.760. The predicted molar refractivity (Wildman–Crippen MR) is 56.0 cm³/mol. The fourth-order valence-electron chi connectivity index (χ4n) is 1.22. The van der Waals surface area contributed by atoms with Crippen LogP contribution in [-0.4, -0.2) is 15.7 Å². The molecule has 0 saturated carbocycles. The van der Waals surface area contributed by atoms with Crippen molar-refractivity contribution in [3.8, 4) is 0 Å². The largest absolute Gasteiger partial charge is 0.276 e. The summed E-state index contributed by atoms with van der Waals surface area (Å²) >= 11 is 5.59. The summed E-state index contributed by atoms with van der Waals surface area (Å²) in [4.78, 5) is 0. The summed E-state index contributed by atoms with van der Waals surface area (Å²) in [7, 11) is 1.93. The molecule has 0 unspecified atom stereocenters. The van der Waals surface area contributed by atoms with Crippen molar-refractivity contribution in [1.82, 2.24) is 9.78 Å². The molecule has 0 fully saturated rings. The van der Waals surface area contributed by atoms with Gasteiger partial charge in [0.15, 0.2) is 0 Å². The fourth-order valence-corrected chi connectivity index (χ4v) is 1.33. The van der Waals surface area contributed by atoms with Gasteiger partial charge in [-0.1, -0.05) is 11.6 Å². The number of aryl methyl sites for hydroxylation is 1. The van der Waals surface area contributed by atoms with Gasteiger partial charge in [0.1, 0.15) is 0 Å². The molecule has 0 amide bonds. The Balaban J connectivity index is 2.49. The molecule has 0 aliphatic rings. The zero-order valence-corrected chi connectivity index (χ0v) is 8.88. The van der Waals surface area contributed by atoms with E-state index in [-0.39, 0.29) is 0 Å². The highest BCUT2D eigenvalue weighted by molar-refractivity contribution is 6.17. The van der Waals surface area contributed by atoms with Gasteiger partial charge in [-0.15, -0.1) is 11.6 Å². The molecule has 0 aliphatic heterocycles. The summed E-state index contributed by atoms with van der Waals surface area (Å²) in [5, 5.41) is 4.30. The Bertz CT molecular complexity index is 289. The van der Waals surface area contributed by atoms with Crippen LogP contribution in [0, 0.1) is 0 Å². The number of nitrogens with zero attached hydrogens (tertiary/aromatic N) is 2. The average Bonchev–Trinajstić information content (AvgIpc) is 2.48.